The minimum Gasteiger partial charge on any atom is -0.480 e. The number of amides is 1. The Morgan fingerprint density at radius 1 is 1.44 bits per heavy atom. The average molecular weight is 267 g/mol. The molecule has 1 fully saturated rings. The normalized spacial score (nSPS) is 19.4. The van der Waals surface area contributed by atoms with Crippen LogP contribution in [-0.2, 0) is 9.59 Å². The van der Waals surface area contributed by atoms with Gasteiger partial charge in [0.2, 0.25) is 5.91 Å². The molecule has 98 valence electrons. The van der Waals surface area contributed by atoms with Crippen molar-refractivity contribution in [1.29, 1.82) is 0 Å². The molecular formula is C13H17NO3S. The Bertz CT molecular complexity index is 435. The van der Waals surface area contributed by atoms with Crippen molar-refractivity contribution in [3.05, 3.63) is 22.4 Å². The smallest absolute Gasteiger partial charge is 0.329 e. The Morgan fingerprint density at radius 3 is 2.61 bits per heavy atom. The van der Waals surface area contributed by atoms with E-state index in [2.05, 4.69) is 5.32 Å². The maximum Gasteiger partial charge on any atom is 0.329 e. The largest absolute Gasteiger partial charge is 0.480 e. The van der Waals surface area contributed by atoms with E-state index < -0.39 is 11.5 Å². The van der Waals surface area contributed by atoms with Gasteiger partial charge in [-0.3, -0.25) is 4.79 Å². The fourth-order valence-corrected chi connectivity index (χ4v) is 3.14. The van der Waals surface area contributed by atoms with Crippen molar-refractivity contribution in [3.8, 4) is 0 Å². The molecule has 1 unspecified atom stereocenters. The zero-order valence-corrected chi connectivity index (χ0v) is 11.1. The molecule has 1 aromatic rings. The third kappa shape index (κ3) is 2.41. The van der Waals surface area contributed by atoms with Gasteiger partial charge in [-0.1, -0.05) is 12.8 Å². The molecule has 1 aliphatic rings. The summed E-state index contributed by atoms with van der Waals surface area (Å²) in [5.41, 5.74) is -0.0995. The van der Waals surface area contributed by atoms with E-state index in [1.807, 2.05) is 23.8 Å². The van der Waals surface area contributed by atoms with E-state index >= 15 is 0 Å². The Morgan fingerprint density at radius 2 is 2.11 bits per heavy atom. The summed E-state index contributed by atoms with van der Waals surface area (Å²) in [5.74, 6) is -1.41. The monoisotopic (exact) mass is 267 g/mol. The van der Waals surface area contributed by atoms with Crippen molar-refractivity contribution in [2.24, 2.45) is 0 Å². The molecule has 5 heteroatoms. The number of carbonyl (C=O) groups excluding carboxylic acids is 1. The van der Waals surface area contributed by atoms with Gasteiger partial charge in [-0.15, -0.1) is 0 Å². The van der Waals surface area contributed by atoms with Crippen molar-refractivity contribution in [3.63, 3.8) is 0 Å². The van der Waals surface area contributed by atoms with Crippen molar-refractivity contribution in [2.75, 3.05) is 0 Å². The lowest BCUT2D eigenvalue weighted by molar-refractivity contribution is -0.147. The fraction of sp³-hybridized carbons (Fsp3) is 0.538. The van der Waals surface area contributed by atoms with Crippen LogP contribution in [0.3, 0.4) is 0 Å². The lowest BCUT2D eigenvalue weighted by atomic mass is 9.95. The first-order chi connectivity index (χ1) is 8.55. The third-order valence-electron chi connectivity index (χ3n) is 3.67. The average Bonchev–Trinajstić information content (AvgIpc) is 2.99. The number of rotatable bonds is 4. The van der Waals surface area contributed by atoms with Crippen LogP contribution in [0, 0.1) is 0 Å². The topological polar surface area (TPSA) is 66.4 Å². The molecule has 0 radical (unpaired) electrons. The number of nitrogens with one attached hydrogen (secondary N) is 1. The molecule has 1 atom stereocenters. The Labute approximate surface area is 110 Å². The summed E-state index contributed by atoms with van der Waals surface area (Å²) in [6, 6.07) is 1.90. The molecule has 1 heterocycles. The number of carboxylic acid groups (broad SMARTS) is 1. The van der Waals surface area contributed by atoms with Crippen LogP contribution in [-0.4, -0.2) is 22.5 Å². The highest BCUT2D eigenvalue weighted by molar-refractivity contribution is 7.08. The van der Waals surface area contributed by atoms with Crippen molar-refractivity contribution in [1.82, 2.24) is 5.32 Å². The molecule has 18 heavy (non-hydrogen) atoms. The predicted molar refractivity (Wildman–Crippen MR) is 69.7 cm³/mol. The number of carbonyl (C=O) groups is 2. The number of thiophene rings is 1. The van der Waals surface area contributed by atoms with Crippen LogP contribution in [0.25, 0.3) is 0 Å². The first-order valence-corrected chi connectivity index (χ1v) is 7.07. The second kappa shape index (κ2) is 5.10. The minimum absolute atomic E-state index is 0.197. The van der Waals surface area contributed by atoms with Gasteiger partial charge in [0, 0.05) is 0 Å². The van der Waals surface area contributed by atoms with Crippen molar-refractivity contribution >= 4 is 23.2 Å². The van der Waals surface area contributed by atoms with Gasteiger partial charge < -0.3 is 10.4 Å². The summed E-state index contributed by atoms with van der Waals surface area (Å²) in [6.07, 6.45) is 2.79. The van der Waals surface area contributed by atoms with E-state index in [1.54, 1.807) is 0 Å². The molecule has 2 rings (SSSR count). The van der Waals surface area contributed by atoms with Crippen LogP contribution in [0.4, 0.5) is 0 Å². The van der Waals surface area contributed by atoms with Crippen LogP contribution in [0.2, 0.25) is 0 Å². The molecular weight excluding hydrogens is 250 g/mol. The third-order valence-corrected chi connectivity index (χ3v) is 4.37. The zero-order valence-electron chi connectivity index (χ0n) is 10.3. The van der Waals surface area contributed by atoms with E-state index in [-0.39, 0.29) is 11.8 Å². The van der Waals surface area contributed by atoms with Gasteiger partial charge in [0.1, 0.15) is 5.54 Å². The minimum atomic E-state index is -1.04. The first-order valence-electron chi connectivity index (χ1n) is 6.13. The van der Waals surface area contributed by atoms with Crippen LogP contribution in [0.1, 0.15) is 44.1 Å². The second-order valence-electron chi connectivity index (χ2n) is 4.86. The lowest BCUT2D eigenvalue weighted by Gasteiger charge is -2.27. The van der Waals surface area contributed by atoms with Gasteiger partial charge in [-0.2, -0.15) is 11.3 Å². The highest BCUT2D eigenvalue weighted by atomic mass is 32.1. The van der Waals surface area contributed by atoms with E-state index in [1.165, 1.54) is 11.3 Å². The summed E-state index contributed by atoms with van der Waals surface area (Å²) in [4.78, 5) is 23.5. The summed E-state index contributed by atoms with van der Waals surface area (Å²) >= 11 is 1.54. The van der Waals surface area contributed by atoms with E-state index in [0.717, 1.165) is 18.4 Å². The number of hydrogen-bond acceptors (Lipinski definition) is 3. The molecule has 1 amide bonds. The Kier molecular flexibility index (Phi) is 3.71. The predicted octanol–water partition coefficient (Wildman–Crippen LogP) is 2.37. The van der Waals surface area contributed by atoms with Crippen LogP contribution < -0.4 is 5.32 Å². The molecule has 0 aromatic carbocycles. The van der Waals surface area contributed by atoms with Crippen LogP contribution >= 0.6 is 11.3 Å². The van der Waals surface area contributed by atoms with Crippen LogP contribution in [0.5, 0.6) is 0 Å². The van der Waals surface area contributed by atoms with Gasteiger partial charge in [-0.05, 0) is 42.2 Å². The molecule has 1 aliphatic carbocycles. The number of carboxylic acids is 1. The van der Waals surface area contributed by atoms with Gasteiger partial charge in [-0.25, -0.2) is 4.79 Å². The van der Waals surface area contributed by atoms with E-state index in [9.17, 15) is 14.7 Å². The molecule has 0 saturated heterocycles. The van der Waals surface area contributed by atoms with Crippen molar-refractivity contribution in [2.45, 2.75) is 44.1 Å². The Balaban J connectivity index is 2.08. The van der Waals surface area contributed by atoms with Gasteiger partial charge in [0.15, 0.2) is 0 Å². The summed E-state index contributed by atoms with van der Waals surface area (Å²) in [6.45, 7) is 1.81. The molecule has 2 N–H and O–H groups in total. The fourth-order valence-electron chi connectivity index (χ4n) is 2.39. The molecule has 0 aliphatic heterocycles. The number of aliphatic carboxylic acids is 1. The summed E-state index contributed by atoms with van der Waals surface area (Å²) in [7, 11) is 0. The Hall–Kier alpha value is -1.36. The highest BCUT2D eigenvalue weighted by Crippen LogP contribution is 2.31. The van der Waals surface area contributed by atoms with E-state index in [0.29, 0.717) is 12.8 Å². The highest BCUT2D eigenvalue weighted by Gasteiger charge is 2.43. The first kappa shape index (κ1) is 13.1. The van der Waals surface area contributed by atoms with Crippen LogP contribution in [0.15, 0.2) is 16.8 Å². The summed E-state index contributed by atoms with van der Waals surface area (Å²) < 4.78 is 0. The standard InChI is InChI=1S/C13H17NO3S/c1-9(10-4-7-18-8-10)11(15)14-13(12(16)17)5-2-3-6-13/h4,7-9H,2-3,5-6H2,1H3,(H,14,15)(H,16,17). The lowest BCUT2D eigenvalue weighted by Crippen LogP contribution is -2.53. The quantitative estimate of drug-likeness (QED) is 0.880. The molecule has 0 bridgehead atoms. The number of hydrogen-bond donors (Lipinski definition) is 2. The second-order valence-corrected chi connectivity index (χ2v) is 5.64. The zero-order chi connectivity index (χ0) is 13.2. The van der Waals surface area contributed by atoms with Gasteiger partial charge in [0.25, 0.3) is 0 Å². The molecule has 1 aromatic heterocycles. The summed E-state index contributed by atoms with van der Waals surface area (Å²) in [5, 5.41) is 15.9. The molecule has 4 nitrogen and oxygen atoms in total. The van der Waals surface area contributed by atoms with Gasteiger partial charge in [0.05, 0.1) is 5.92 Å². The van der Waals surface area contributed by atoms with Crippen molar-refractivity contribution < 1.29 is 14.7 Å². The molecule has 0 spiro atoms. The maximum atomic E-state index is 12.1. The van der Waals surface area contributed by atoms with Gasteiger partial charge >= 0.3 is 5.97 Å². The molecule has 1 saturated carbocycles. The maximum absolute atomic E-state index is 12.1. The SMILES string of the molecule is CC(C(=O)NC1(C(=O)O)CCCC1)c1ccsc1. The van der Waals surface area contributed by atoms with E-state index in [4.69, 9.17) is 0 Å².